The summed E-state index contributed by atoms with van der Waals surface area (Å²) in [5.41, 5.74) is 4.91. The van der Waals surface area contributed by atoms with Crippen molar-refractivity contribution in [1.29, 1.82) is 0 Å². The molecule has 114 valence electrons. The first-order valence-corrected chi connectivity index (χ1v) is 6.53. The third-order valence-electron chi connectivity index (χ3n) is 3.56. The predicted octanol–water partition coefficient (Wildman–Crippen LogP) is 3.92. The molecule has 20 heavy (non-hydrogen) atoms. The molecule has 1 unspecified atom stereocenters. The first-order valence-electron chi connectivity index (χ1n) is 6.53. The van der Waals surface area contributed by atoms with Gasteiger partial charge in [-0.15, -0.1) is 0 Å². The Kier molecular flexibility index (Phi) is 5.59. The largest absolute Gasteiger partial charge is 0.411 e. The van der Waals surface area contributed by atoms with Crippen molar-refractivity contribution in [3.63, 3.8) is 0 Å². The monoisotopic (exact) mass is 290 g/mol. The zero-order valence-electron chi connectivity index (χ0n) is 12.3. The van der Waals surface area contributed by atoms with Gasteiger partial charge in [-0.2, -0.15) is 13.2 Å². The number of aliphatic hydroxyl groups is 1. The van der Waals surface area contributed by atoms with E-state index >= 15 is 0 Å². The van der Waals surface area contributed by atoms with Gasteiger partial charge in [-0.3, -0.25) is 0 Å². The van der Waals surface area contributed by atoms with E-state index in [4.69, 9.17) is 0 Å². The zero-order chi connectivity index (χ0) is 15.5. The molecule has 0 bridgehead atoms. The molecule has 0 amide bonds. The lowest BCUT2D eigenvalue weighted by Gasteiger charge is -2.20. The third-order valence-corrected chi connectivity index (χ3v) is 3.56. The van der Waals surface area contributed by atoms with Crippen LogP contribution < -0.4 is 0 Å². The highest BCUT2D eigenvalue weighted by Crippen LogP contribution is 2.29. The molecule has 0 saturated carbocycles. The molecule has 0 aliphatic heterocycles. The molecule has 0 fully saturated rings. The molecule has 0 spiro atoms. The highest BCUT2D eigenvalue weighted by molar-refractivity contribution is 5.45. The lowest BCUT2D eigenvalue weighted by Crippen LogP contribution is -2.18. The van der Waals surface area contributed by atoms with Gasteiger partial charge >= 0.3 is 6.18 Å². The summed E-state index contributed by atoms with van der Waals surface area (Å²) in [6.07, 6.45) is -4.97. The quantitative estimate of drug-likeness (QED) is 0.833. The van der Waals surface area contributed by atoms with Crippen molar-refractivity contribution < 1.29 is 23.0 Å². The van der Waals surface area contributed by atoms with Crippen molar-refractivity contribution in [2.45, 2.75) is 46.4 Å². The van der Waals surface area contributed by atoms with Crippen LogP contribution in [0.5, 0.6) is 0 Å². The number of halogens is 3. The Bertz CT molecular complexity index is 441. The maximum atomic E-state index is 11.9. The van der Waals surface area contributed by atoms with Gasteiger partial charge in [0.25, 0.3) is 0 Å². The van der Waals surface area contributed by atoms with Gasteiger partial charge in [0.15, 0.2) is 0 Å². The van der Waals surface area contributed by atoms with Gasteiger partial charge < -0.3 is 9.84 Å². The van der Waals surface area contributed by atoms with Crippen molar-refractivity contribution >= 4 is 0 Å². The van der Waals surface area contributed by atoms with Crippen molar-refractivity contribution in [3.8, 4) is 0 Å². The maximum absolute atomic E-state index is 11.9. The maximum Gasteiger partial charge on any atom is 0.411 e. The van der Waals surface area contributed by atoms with Crippen LogP contribution in [0, 0.1) is 27.7 Å². The van der Waals surface area contributed by atoms with Crippen LogP contribution in [0.25, 0.3) is 0 Å². The van der Waals surface area contributed by atoms with Crippen molar-refractivity contribution in [2.24, 2.45) is 0 Å². The molecule has 1 rings (SSSR count). The summed E-state index contributed by atoms with van der Waals surface area (Å²) < 4.78 is 40.4. The Morgan fingerprint density at radius 2 is 1.60 bits per heavy atom. The predicted molar refractivity (Wildman–Crippen MR) is 71.8 cm³/mol. The molecule has 0 saturated heterocycles. The molecule has 5 heteroatoms. The van der Waals surface area contributed by atoms with E-state index in [-0.39, 0.29) is 13.0 Å². The van der Waals surface area contributed by atoms with Crippen LogP contribution in [-0.4, -0.2) is 24.5 Å². The molecular weight excluding hydrogens is 269 g/mol. The van der Waals surface area contributed by atoms with Gasteiger partial charge in [-0.05, 0) is 55.5 Å². The highest BCUT2D eigenvalue weighted by atomic mass is 19.4. The van der Waals surface area contributed by atoms with E-state index in [2.05, 4.69) is 4.74 Å². The van der Waals surface area contributed by atoms with E-state index in [0.29, 0.717) is 0 Å². The van der Waals surface area contributed by atoms with E-state index in [1.807, 2.05) is 33.8 Å². The van der Waals surface area contributed by atoms with Gasteiger partial charge in [0, 0.05) is 13.0 Å². The number of ether oxygens (including phenoxy) is 1. The van der Waals surface area contributed by atoms with Crippen molar-refractivity contribution in [3.05, 3.63) is 33.9 Å². The average molecular weight is 290 g/mol. The Hall–Kier alpha value is -1.07. The van der Waals surface area contributed by atoms with E-state index < -0.39 is 18.9 Å². The zero-order valence-corrected chi connectivity index (χ0v) is 12.3. The Labute approximate surface area is 117 Å². The van der Waals surface area contributed by atoms with E-state index in [9.17, 15) is 18.3 Å². The summed E-state index contributed by atoms with van der Waals surface area (Å²) in [6, 6.07) is 2.04. The van der Waals surface area contributed by atoms with Crippen LogP contribution in [0.4, 0.5) is 13.2 Å². The Morgan fingerprint density at radius 3 is 2.05 bits per heavy atom. The summed E-state index contributed by atoms with van der Waals surface area (Å²) in [7, 11) is 0. The molecule has 2 nitrogen and oxygen atoms in total. The second-order valence-electron chi connectivity index (χ2n) is 5.15. The smallest absolute Gasteiger partial charge is 0.388 e. The van der Waals surface area contributed by atoms with E-state index in [1.54, 1.807) is 0 Å². The Balaban J connectivity index is 2.71. The number of hydrogen-bond acceptors (Lipinski definition) is 2. The minimum atomic E-state index is -4.32. The van der Waals surface area contributed by atoms with Gasteiger partial charge in [0.2, 0.25) is 0 Å². The number of aliphatic hydroxyl groups excluding tert-OH is 1. The summed E-state index contributed by atoms with van der Waals surface area (Å²) in [5, 5.41) is 10.2. The fourth-order valence-corrected chi connectivity index (χ4v) is 2.27. The number of aryl methyl sites for hydroxylation is 2. The molecule has 0 heterocycles. The minimum Gasteiger partial charge on any atom is -0.388 e. The number of alkyl halides is 3. The molecule has 1 atom stereocenters. The van der Waals surface area contributed by atoms with Crippen LogP contribution in [0.1, 0.15) is 40.3 Å². The lowest BCUT2D eigenvalue weighted by atomic mass is 9.90. The summed E-state index contributed by atoms with van der Waals surface area (Å²) >= 11 is 0. The normalized spacial score (nSPS) is 13.6. The number of hydrogen-bond donors (Lipinski definition) is 1. The second-order valence-corrected chi connectivity index (χ2v) is 5.15. The molecule has 0 radical (unpaired) electrons. The van der Waals surface area contributed by atoms with Crippen LogP contribution >= 0.6 is 0 Å². The van der Waals surface area contributed by atoms with Gasteiger partial charge in [0.05, 0.1) is 6.10 Å². The van der Waals surface area contributed by atoms with Crippen molar-refractivity contribution in [2.75, 3.05) is 13.2 Å². The molecular formula is C15H21F3O2. The molecule has 0 aromatic heterocycles. The van der Waals surface area contributed by atoms with Crippen LogP contribution in [-0.2, 0) is 4.74 Å². The van der Waals surface area contributed by atoms with E-state index in [0.717, 1.165) is 27.8 Å². The minimum absolute atomic E-state index is 0.119. The van der Waals surface area contributed by atoms with E-state index in [1.165, 1.54) is 0 Å². The number of rotatable bonds is 5. The molecule has 0 aliphatic rings. The average Bonchev–Trinajstić information content (AvgIpc) is 2.31. The first kappa shape index (κ1) is 17.0. The SMILES string of the molecule is Cc1cc(C)c(C)c(C(O)CCOCC(F)(F)F)c1C. The first-order chi connectivity index (χ1) is 9.13. The van der Waals surface area contributed by atoms with Gasteiger partial charge in [-0.1, -0.05) is 6.07 Å². The van der Waals surface area contributed by atoms with Crippen LogP contribution in [0.2, 0.25) is 0 Å². The Morgan fingerprint density at radius 1 is 1.10 bits per heavy atom. The van der Waals surface area contributed by atoms with Crippen LogP contribution in [0.3, 0.4) is 0 Å². The lowest BCUT2D eigenvalue weighted by molar-refractivity contribution is -0.175. The molecule has 0 aliphatic carbocycles. The molecule has 1 aromatic rings. The summed E-state index contributed by atoms with van der Waals surface area (Å²) in [6.45, 7) is 6.35. The molecule has 1 N–H and O–H groups in total. The topological polar surface area (TPSA) is 29.5 Å². The highest BCUT2D eigenvalue weighted by Gasteiger charge is 2.27. The second kappa shape index (κ2) is 6.59. The van der Waals surface area contributed by atoms with Gasteiger partial charge in [-0.25, -0.2) is 0 Å². The van der Waals surface area contributed by atoms with Gasteiger partial charge in [0.1, 0.15) is 6.61 Å². The standard InChI is InChI=1S/C15H21F3O2/c1-9-7-10(2)12(4)14(11(9)3)13(19)5-6-20-8-15(16,17)18/h7,13,19H,5-6,8H2,1-4H3. The van der Waals surface area contributed by atoms with Crippen molar-refractivity contribution in [1.82, 2.24) is 0 Å². The fraction of sp³-hybridized carbons (Fsp3) is 0.600. The fourth-order valence-electron chi connectivity index (χ4n) is 2.27. The third kappa shape index (κ3) is 4.49. The summed E-state index contributed by atoms with van der Waals surface area (Å²) in [5.74, 6) is 0. The van der Waals surface area contributed by atoms with Crippen LogP contribution in [0.15, 0.2) is 6.07 Å². The number of benzene rings is 1. The molecule has 1 aromatic carbocycles. The summed E-state index contributed by atoms with van der Waals surface area (Å²) in [4.78, 5) is 0.